The molecule has 128 valence electrons. The molecule has 0 bridgehead atoms. The van der Waals surface area contributed by atoms with Crippen molar-refractivity contribution in [2.45, 2.75) is 11.8 Å². The number of carbonyl (C=O) groups excluding carboxylic acids is 1. The number of halogens is 2. The second-order valence-corrected chi connectivity index (χ2v) is 8.75. The lowest BCUT2D eigenvalue weighted by atomic mass is 10.2. The third-order valence-electron chi connectivity index (χ3n) is 3.32. The number of hydrogen-bond acceptors (Lipinski definition) is 3. The monoisotopic (exact) mass is 430 g/mol. The smallest absolute Gasteiger partial charge is 0.255 e. The third-order valence-corrected chi connectivity index (χ3v) is 6.28. The molecule has 0 unspecified atom stereocenters. The fraction of sp³-hybridized carbons (Fsp3) is 0.188. The fourth-order valence-electron chi connectivity index (χ4n) is 1.95. The molecule has 0 saturated carbocycles. The minimum absolute atomic E-state index is 0.0665. The molecule has 0 aliphatic heterocycles. The summed E-state index contributed by atoms with van der Waals surface area (Å²) in [5, 5.41) is 2.81. The van der Waals surface area contributed by atoms with Gasteiger partial charge in [-0.3, -0.25) is 4.79 Å². The van der Waals surface area contributed by atoms with Crippen LogP contribution in [0, 0.1) is 6.92 Å². The van der Waals surface area contributed by atoms with Crippen molar-refractivity contribution in [2.75, 3.05) is 19.4 Å². The number of benzene rings is 2. The van der Waals surface area contributed by atoms with Crippen molar-refractivity contribution in [1.29, 1.82) is 0 Å². The number of amides is 1. The van der Waals surface area contributed by atoms with E-state index in [-0.39, 0.29) is 15.5 Å². The molecular formula is C16H16BrClN2O3S. The number of nitrogens with zero attached hydrogens (tertiary/aromatic N) is 1. The van der Waals surface area contributed by atoms with Crippen molar-refractivity contribution >= 4 is 49.1 Å². The fourth-order valence-corrected chi connectivity index (χ4v) is 3.94. The number of nitrogens with one attached hydrogen (secondary N) is 1. The van der Waals surface area contributed by atoms with E-state index in [1.165, 1.54) is 32.3 Å². The molecule has 1 N–H and O–H groups in total. The predicted molar refractivity (Wildman–Crippen MR) is 99.2 cm³/mol. The first-order valence-electron chi connectivity index (χ1n) is 6.92. The van der Waals surface area contributed by atoms with Crippen LogP contribution < -0.4 is 5.32 Å². The summed E-state index contributed by atoms with van der Waals surface area (Å²) >= 11 is 9.37. The van der Waals surface area contributed by atoms with Crippen molar-refractivity contribution in [3.8, 4) is 0 Å². The van der Waals surface area contributed by atoms with Crippen LogP contribution in [-0.2, 0) is 10.0 Å². The van der Waals surface area contributed by atoms with Crippen LogP contribution in [0.3, 0.4) is 0 Å². The summed E-state index contributed by atoms with van der Waals surface area (Å²) < 4.78 is 26.3. The first-order chi connectivity index (χ1) is 11.1. The molecule has 0 spiro atoms. The summed E-state index contributed by atoms with van der Waals surface area (Å²) in [5.74, 6) is -0.425. The zero-order chi connectivity index (χ0) is 18.1. The number of rotatable bonds is 4. The van der Waals surface area contributed by atoms with E-state index in [1.807, 2.05) is 19.1 Å². The molecule has 2 rings (SSSR count). The van der Waals surface area contributed by atoms with Gasteiger partial charge >= 0.3 is 0 Å². The van der Waals surface area contributed by atoms with Crippen molar-refractivity contribution in [3.63, 3.8) is 0 Å². The van der Waals surface area contributed by atoms with Crippen LogP contribution in [0.1, 0.15) is 15.9 Å². The van der Waals surface area contributed by atoms with Gasteiger partial charge < -0.3 is 5.32 Å². The van der Waals surface area contributed by atoms with Gasteiger partial charge in [0.15, 0.2) is 0 Å². The minimum atomic E-state index is -3.74. The highest BCUT2D eigenvalue weighted by Gasteiger charge is 2.22. The molecule has 0 aromatic heterocycles. The van der Waals surface area contributed by atoms with E-state index >= 15 is 0 Å². The Labute approximate surface area is 154 Å². The Balaban J connectivity index is 2.37. The Bertz CT molecular complexity index is 898. The van der Waals surface area contributed by atoms with E-state index in [4.69, 9.17) is 11.6 Å². The van der Waals surface area contributed by atoms with Gasteiger partial charge in [0.25, 0.3) is 5.91 Å². The Morgan fingerprint density at radius 2 is 1.83 bits per heavy atom. The van der Waals surface area contributed by atoms with E-state index in [2.05, 4.69) is 21.2 Å². The standard InChI is InChI=1S/C16H16BrClN2O3S/c1-10-4-7-14(12(17)8-10)19-16(21)11-5-6-13(18)15(9-11)24(22,23)20(2)3/h4-9H,1-3H3,(H,19,21). The molecule has 2 aromatic rings. The second-order valence-electron chi connectivity index (χ2n) is 5.37. The van der Waals surface area contributed by atoms with Gasteiger partial charge in [0.2, 0.25) is 10.0 Å². The largest absolute Gasteiger partial charge is 0.321 e. The summed E-state index contributed by atoms with van der Waals surface area (Å²) in [6, 6.07) is 9.66. The van der Waals surface area contributed by atoms with E-state index < -0.39 is 15.9 Å². The molecule has 0 fully saturated rings. The highest BCUT2D eigenvalue weighted by Crippen LogP contribution is 2.27. The summed E-state index contributed by atoms with van der Waals surface area (Å²) in [6.45, 7) is 1.94. The Morgan fingerprint density at radius 3 is 2.42 bits per heavy atom. The van der Waals surface area contributed by atoms with Gasteiger partial charge in [-0.05, 0) is 58.7 Å². The molecule has 0 aliphatic carbocycles. The van der Waals surface area contributed by atoms with E-state index in [1.54, 1.807) is 6.07 Å². The molecule has 5 nitrogen and oxygen atoms in total. The van der Waals surface area contributed by atoms with Gasteiger partial charge in [0.05, 0.1) is 10.7 Å². The summed E-state index contributed by atoms with van der Waals surface area (Å²) in [5.41, 5.74) is 1.84. The average molecular weight is 432 g/mol. The lowest BCUT2D eigenvalue weighted by Crippen LogP contribution is -2.23. The number of sulfonamides is 1. The summed E-state index contributed by atoms with van der Waals surface area (Å²) in [4.78, 5) is 12.3. The van der Waals surface area contributed by atoms with Crippen molar-refractivity contribution in [2.24, 2.45) is 0 Å². The normalized spacial score (nSPS) is 11.6. The summed E-state index contributed by atoms with van der Waals surface area (Å²) in [6.07, 6.45) is 0. The molecular weight excluding hydrogens is 416 g/mol. The molecule has 24 heavy (non-hydrogen) atoms. The lowest BCUT2D eigenvalue weighted by molar-refractivity contribution is 0.102. The summed E-state index contributed by atoms with van der Waals surface area (Å²) in [7, 11) is -0.929. The maximum Gasteiger partial charge on any atom is 0.255 e. The van der Waals surface area contributed by atoms with Crippen molar-refractivity contribution in [3.05, 3.63) is 57.0 Å². The Hall–Kier alpha value is -1.41. The van der Waals surface area contributed by atoms with E-state index in [9.17, 15) is 13.2 Å². The quantitative estimate of drug-likeness (QED) is 0.798. The predicted octanol–water partition coefficient (Wildman–Crippen LogP) is 3.91. The van der Waals surface area contributed by atoms with Gasteiger partial charge in [-0.15, -0.1) is 0 Å². The maximum atomic E-state index is 12.4. The van der Waals surface area contributed by atoms with Crippen molar-refractivity contribution < 1.29 is 13.2 Å². The lowest BCUT2D eigenvalue weighted by Gasteiger charge is -2.14. The van der Waals surface area contributed by atoms with Crippen LogP contribution >= 0.6 is 27.5 Å². The molecule has 0 atom stereocenters. The first-order valence-corrected chi connectivity index (χ1v) is 9.53. The molecule has 0 radical (unpaired) electrons. The van der Waals surface area contributed by atoms with Crippen LogP contribution in [0.15, 0.2) is 45.8 Å². The number of aryl methyl sites for hydroxylation is 1. The first kappa shape index (κ1) is 18.9. The molecule has 2 aromatic carbocycles. The van der Waals surface area contributed by atoms with Crippen LogP contribution in [0.4, 0.5) is 5.69 Å². The molecule has 1 amide bonds. The SMILES string of the molecule is Cc1ccc(NC(=O)c2ccc(Cl)c(S(=O)(=O)N(C)C)c2)c(Br)c1. The van der Waals surface area contributed by atoms with E-state index in [0.717, 1.165) is 14.3 Å². The van der Waals surface area contributed by atoms with Crippen LogP contribution in [0.5, 0.6) is 0 Å². The highest BCUT2D eigenvalue weighted by molar-refractivity contribution is 9.10. The van der Waals surface area contributed by atoms with Crippen molar-refractivity contribution in [1.82, 2.24) is 4.31 Å². The van der Waals surface area contributed by atoms with Gasteiger partial charge in [-0.2, -0.15) is 0 Å². The van der Waals surface area contributed by atoms with Gasteiger partial charge in [-0.1, -0.05) is 17.7 Å². The highest BCUT2D eigenvalue weighted by atomic mass is 79.9. The number of carbonyl (C=O) groups is 1. The second kappa shape index (κ2) is 7.23. The van der Waals surface area contributed by atoms with Crippen LogP contribution in [-0.4, -0.2) is 32.7 Å². The van der Waals surface area contributed by atoms with E-state index in [0.29, 0.717) is 5.69 Å². The molecule has 8 heteroatoms. The van der Waals surface area contributed by atoms with Crippen LogP contribution in [0.2, 0.25) is 5.02 Å². The van der Waals surface area contributed by atoms with Gasteiger partial charge in [-0.25, -0.2) is 12.7 Å². The number of hydrogen-bond donors (Lipinski definition) is 1. The Morgan fingerprint density at radius 1 is 1.17 bits per heavy atom. The molecule has 0 saturated heterocycles. The van der Waals surface area contributed by atoms with Gasteiger partial charge in [0, 0.05) is 24.1 Å². The molecule has 0 heterocycles. The third kappa shape index (κ3) is 3.97. The maximum absolute atomic E-state index is 12.4. The van der Waals surface area contributed by atoms with Crippen LogP contribution in [0.25, 0.3) is 0 Å². The van der Waals surface area contributed by atoms with Gasteiger partial charge in [0.1, 0.15) is 4.90 Å². The average Bonchev–Trinajstić information content (AvgIpc) is 2.50. The zero-order valence-corrected chi connectivity index (χ0v) is 16.5. The number of anilines is 1. The zero-order valence-electron chi connectivity index (χ0n) is 13.3. The molecule has 0 aliphatic rings. The Kier molecular flexibility index (Phi) is 5.70. The minimum Gasteiger partial charge on any atom is -0.321 e. The topological polar surface area (TPSA) is 66.5 Å².